The van der Waals surface area contributed by atoms with Crippen molar-refractivity contribution in [2.45, 2.75) is 25.9 Å². The number of nitrogens with zero attached hydrogens (tertiary/aromatic N) is 3. The van der Waals surface area contributed by atoms with Crippen molar-refractivity contribution in [1.82, 2.24) is 20.1 Å². The average Bonchev–Trinajstić information content (AvgIpc) is 2.45. The van der Waals surface area contributed by atoms with Gasteiger partial charge in [-0.05, 0) is 0 Å². The highest BCUT2D eigenvalue weighted by Crippen LogP contribution is 2.26. The zero-order valence-electron chi connectivity index (χ0n) is 7.63. The second-order valence-electron chi connectivity index (χ2n) is 3.16. The fourth-order valence-electron chi connectivity index (χ4n) is 1.42. The van der Waals surface area contributed by atoms with Crippen LogP contribution in [0.5, 0.6) is 0 Å². The summed E-state index contributed by atoms with van der Waals surface area (Å²) < 4.78 is 27.3. The van der Waals surface area contributed by atoms with Crippen molar-refractivity contribution in [3.63, 3.8) is 0 Å². The molecule has 0 fully saturated rings. The van der Waals surface area contributed by atoms with Gasteiger partial charge in [0.15, 0.2) is 0 Å². The Hall–Kier alpha value is -0.750. The highest BCUT2D eigenvalue weighted by Gasteiger charge is 2.33. The summed E-state index contributed by atoms with van der Waals surface area (Å²) in [6, 6.07) is 0. The largest absolute Gasteiger partial charge is 0.308 e. The average molecular weight is 225 g/mol. The van der Waals surface area contributed by atoms with E-state index in [1.807, 2.05) is 0 Å². The molecular formula is C7H11ClF2N4. The monoisotopic (exact) mass is 224 g/mol. The van der Waals surface area contributed by atoms with E-state index in [0.717, 1.165) is 6.92 Å². The van der Waals surface area contributed by atoms with E-state index >= 15 is 0 Å². The van der Waals surface area contributed by atoms with Crippen molar-refractivity contribution < 1.29 is 8.78 Å². The van der Waals surface area contributed by atoms with Crippen molar-refractivity contribution in [2.75, 3.05) is 6.54 Å². The van der Waals surface area contributed by atoms with Crippen molar-refractivity contribution in [3.8, 4) is 0 Å². The summed E-state index contributed by atoms with van der Waals surface area (Å²) in [5.41, 5.74) is 0. The van der Waals surface area contributed by atoms with Crippen molar-refractivity contribution in [3.05, 3.63) is 11.6 Å². The number of aromatic nitrogens is 3. The summed E-state index contributed by atoms with van der Waals surface area (Å²) in [6.45, 7) is 2.56. The molecule has 0 unspecified atom stereocenters. The smallest absolute Gasteiger partial charge is 0.304 e. The number of hydrogen-bond acceptors (Lipinski definition) is 3. The Balaban J connectivity index is 0.000000980. The molecule has 2 rings (SSSR count). The summed E-state index contributed by atoms with van der Waals surface area (Å²) in [4.78, 5) is 0. The SMILES string of the molecule is CC(F)(F)c1nnc2n1CCNC2.Cl. The molecule has 0 spiro atoms. The lowest BCUT2D eigenvalue weighted by molar-refractivity contribution is 0.00320. The summed E-state index contributed by atoms with van der Waals surface area (Å²) in [7, 11) is 0. The minimum atomic E-state index is -2.90. The van der Waals surface area contributed by atoms with Gasteiger partial charge in [-0.15, -0.1) is 22.6 Å². The zero-order chi connectivity index (χ0) is 9.47. The molecule has 1 N–H and O–H groups in total. The standard InChI is InChI=1S/C7H10F2N4.ClH/c1-7(8,9)6-12-11-5-4-10-2-3-13(5)6;/h10H,2-4H2,1H3;1H. The number of halogens is 3. The lowest BCUT2D eigenvalue weighted by Crippen LogP contribution is -2.30. The maximum atomic E-state index is 12.9. The van der Waals surface area contributed by atoms with Crippen LogP contribution in [-0.4, -0.2) is 21.3 Å². The van der Waals surface area contributed by atoms with Crippen LogP contribution in [0.15, 0.2) is 0 Å². The van der Waals surface area contributed by atoms with Crippen LogP contribution in [0.3, 0.4) is 0 Å². The van der Waals surface area contributed by atoms with Crippen molar-refractivity contribution >= 4 is 12.4 Å². The Morgan fingerprint density at radius 2 is 2.14 bits per heavy atom. The minimum absolute atomic E-state index is 0. The Kier molecular flexibility index (Phi) is 3.06. The highest BCUT2D eigenvalue weighted by molar-refractivity contribution is 5.85. The number of rotatable bonds is 1. The predicted molar refractivity (Wildman–Crippen MR) is 48.5 cm³/mol. The van der Waals surface area contributed by atoms with Gasteiger partial charge in [-0.25, -0.2) is 0 Å². The number of fused-ring (bicyclic) bond motifs is 1. The molecule has 0 bridgehead atoms. The molecule has 7 heteroatoms. The Labute approximate surface area is 86.1 Å². The van der Waals surface area contributed by atoms with E-state index in [1.54, 1.807) is 0 Å². The molecule has 4 nitrogen and oxygen atoms in total. The van der Waals surface area contributed by atoms with Crippen LogP contribution in [0.4, 0.5) is 8.78 Å². The van der Waals surface area contributed by atoms with E-state index in [1.165, 1.54) is 4.57 Å². The summed E-state index contributed by atoms with van der Waals surface area (Å²) in [5, 5.41) is 10.2. The van der Waals surface area contributed by atoms with Crippen molar-refractivity contribution in [2.24, 2.45) is 0 Å². The molecule has 1 aromatic rings. The first kappa shape index (κ1) is 11.3. The number of alkyl halides is 2. The first-order chi connectivity index (χ1) is 6.09. The molecule has 14 heavy (non-hydrogen) atoms. The summed E-state index contributed by atoms with van der Waals surface area (Å²) in [5.74, 6) is -2.55. The quantitative estimate of drug-likeness (QED) is 0.771. The zero-order valence-corrected chi connectivity index (χ0v) is 8.44. The second kappa shape index (κ2) is 3.78. The van der Waals surface area contributed by atoms with Gasteiger partial charge in [0.2, 0.25) is 5.82 Å². The van der Waals surface area contributed by atoms with E-state index in [2.05, 4.69) is 15.5 Å². The van der Waals surface area contributed by atoms with Crippen LogP contribution >= 0.6 is 12.4 Å². The van der Waals surface area contributed by atoms with E-state index in [-0.39, 0.29) is 18.2 Å². The topological polar surface area (TPSA) is 42.7 Å². The van der Waals surface area contributed by atoms with Crippen LogP contribution in [0.1, 0.15) is 18.6 Å². The number of nitrogens with one attached hydrogen (secondary N) is 1. The van der Waals surface area contributed by atoms with Crippen LogP contribution in [0.25, 0.3) is 0 Å². The van der Waals surface area contributed by atoms with Gasteiger partial charge in [0.25, 0.3) is 0 Å². The van der Waals surface area contributed by atoms with Crippen LogP contribution < -0.4 is 5.32 Å². The molecular weight excluding hydrogens is 214 g/mol. The maximum absolute atomic E-state index is 12.9. The van der Waals surface area contributed by atoms with E-state index in [4.69, 9.17) is 0 Å². The third-order valence-electron chi connectivity index (χ3n) is 2.02. The van der Waals surface area contributed by atoms with E-state index in [0.29, 0.717) is 25.5 Å². The molecule has 2 heterocycles. The molecule has 1 aromatic heterocycles. The first-order valence-corrected chi connectivity index (χ1v) is 4.10. The van der Waals surface area contributed by atoms with Crippen LogP contribution in [0, 0.1) is 0 Å². The summed E-state index contributed by atoms with van der Waals surface area (Å²) in [6.07, 6.45) is 0. The molecule has 0 radical (unpaired) electrons. The summed E-state index contributed by atoms with van der Waals surface area (Å²) >= 11 is 0. The van der Waals surface area contributed by atoms with Gasteiger partial charge in [-0.1, -0.05) is 0 Å². The molecule has 0 atom stereocenters. The van der Waals surface area contributed by atoms with Gasteiger partial charge in [0, 0.05) is 20.0 Å². The van der Waals surface area contributed by atoms with Gasteiger partial charge in [0.1, 0.15) is 5.82 Å². The normalized spacial score (nSPS) is 15.9. The fourth-order valence-corrected chi connectivity index (χ4v) is 1.42. The molecule has 0 saturated heterocycles. The van der Waals surface area contributed by atoms with Gasteiger partial charge in [-0.3, -0.25) is 0 Å². The van der Waals surface area contributed by atoms with E-state index < -0.39 is 5.92 Å². The minimum Gasteiger partial charge on any atom is -0.308 e. The third-order valence-corrected chi connectivity index (χ3v) is 2.02. The van der Waals surface area contributed by atoms with Gasteiger partial charge in [0.05, 0.1) is 6.54 Å². The molecule has 0 amide bonds. The molecule has 0 aliphatic carbocycles. The second-order valence-corrected chi connectivity index (χ2v) is 3.16. The first-order valence-electron chi connectivity index (χ1n) is 4.10. The molecule has 80 valence electrons. The van der Waals surface area contributed by atoms with Crippen LogP contribution in [0.2, 0.25) is 0 Å². The third kappa shape index (κ3) is 1.85. The fraction of sp³-hybridized carbons (Fsp3) is 0.714. The Morgan fingerprint density at radius 3 is 2.79 bits per heavy atom. The maximum Gasteiger partial charge on any atom is 0.304 e. The lowest BCUT2D eigenvalue weighted by Gasteiger charge is -2.18. The predicted octanol–water partition coefficient (Wildman–Crippen LogP) is 0.915. The molecule has 1 aliphatic heterocycles. The lowest BCUT2D eigenvalue weighted by atomic mass is 10.3. The van der Waals surface area contributed by atoms with Crippen molar-refractivity contribution in [1.29, 1.82) is 0 Å². The molecule has 1 aliphatic rings. The van der Waals surface area contributed by atoms with Gasteiger partial charge < -0.3 is 9.88 Å². The van der Waals surface area contributed by atoms with E-state index in [9.17, 15) is 8.78 Å². The number of hydrogen-bond donors (Lipinski definition) is 1. The Morgan fingerprint density at radius 1 is 1.43 bits per heavy atom. The molecule has 0 aromatic carbocycles. The van der Waals surface area contributed by atoms with Gasteiger partial charge in [-0.2, -0.15) is 8.78 Å². The van der Waals surface area contributed by atoms with Gasteiger partial charge >= 0.3 is 5.92 Å². The Bertz CT molecular complexity index is 320. The highest BCUT2D eigenvalue weighted by atomic mass is 35.5. The molecule has 0 saturated carbocycles. The van der Waals surface area contributed by atoms with Crippen LogP contribution in [-0.2, 0) is 19.0 Å².